The van der Waals surface area contributed by atoms with Crippen LogP contribution in [0, 0.1) is 12.8 Å². The Morgan fingerprint density at radius 2 is 1.54 bits per heavy atom. The van der Waals surface area contributed by atoms with Crippen LogP contribution in [0.25, 0.3) is 11.0 Å². The molecule has 0 radical (unpaired) electrons. The predicted octanol–water partition coefficient (Wildman–Crippen LogP) is -0.140. The maximum atomic E-state index is 13.5. The molecule has 0 fully saturated rings. The fourth-order valence-electron chi connectivity index (χ4n) is 4.94. The number of anilines is 1. The first-order valence-electron chi connectivity index (χ1n) is 16.8. The number of aryl methyl sites for hydroxylation is 1. The molecule has 0 aliphatic rings. The Balaban J connectivity index is 2.23. The number of fused-ring (bicyclic) bond motifs is 1. The van der Waals surface area contributed by atoms with Crippen LogP contribution in [0.15, 0.2) is 38.5 Å². The van der Waals surface area contributed by atoms with Crippen molar-refractivity contribution in [2.45, 2.75) is 104 Å². The average Bonchev–Trinajstić information content (AvgIpc) is 3.01. The summed E-state index contributed by atoms with van der Waals surface area (Å²) in [7, 11) is 0. The SMILES string of the molecule is Cc1cc(=O)oc2cc(NC(=O)C(CCCN=C(N)N)NC(=O)C(NC(=O)C(CO)NC(=O)C(CC(C)C)NC(=O)OC(C)(C)C)C(C)O)ccc12. The molecule has 5 amide bonds. The number of carbonyl (C=O) groups is 5. The number of hydrogen-bond donors (Lipinski definition) is 9. The monoisotopic (exact) mass is 732 g/mol. The van der Waals surface area contributed by atoms with Crippen LogP contribution in [0.4, 0.5) is 10.5 Å². The highest BCUT2D eigenvalue weighted by Crippen LogP contribution is 2.21. The number of alkyl carbamates (subject to hydrolysis) is 1. The number of rotatable bonds is 17. The number of benzene rings is 1. The van der Waals surface area contributed by atoms with E-state index in [0.717, 1.165) is 0 Å². The van der Waals surface area contributed by atoms with Crippen molar-refractivity contribution in [2.75, 3.05) is 18.5 Å². The molecule has 0 saturated carbocycles. The largest absolute Gasteiger partial charge is 0.444 e. The molecule has 0 aliphatic carbocycles. The van der Waals surface area contributed by atoms with E-state index in [1.165, 1.54) is 19.1 Å². The Morgan fingerprint density at radius 1 is 0.904 bits per heavy atom. The topological polar surface area (TPSA) is 290 Å². The lowest BCUT2D eigenvalue weighted by Crippen LogP contribution is -2.61. The minimum atomic E-state index is -1.64. The molecule has 2 aromatic rings. The van der Waals surface area contributed by atoms with Crippen LogP contribution in [0.3, 0.4) is 0 Å². The van der Waals surface area contributed by atoms with Crippen molar-refractivity contribution in [2.24, 2.45) is 22.4 Å². The van der Waals surface area contributed by atoms with E-state index < -0.39 is 77.8 Å². The van der Waals surface area contributed by atoms with Crippen LogP contribution in [-0.2, 0) is 23.9 Å². The Hall–Kier alpha value is -5.23. The van der Waals surface area contributed by atoms with Crippen LogP contribution >= 0.6 is 0 Å². The molecule has 0 aliphatic heterocycles. The number of nitrogens with two attached hydrogens (primary N) is 2. The Labute approximate surface area is 301 Å². The number of aliphatic imine (C=N–C) groups is 1. The van der Waals surface area contributed by atoms with Gasteiger partial charge in [-0.2, -0.15) is 0 Å². The molecule has 5 atom stereocenters. The van der Waals surface area contributed by atoms with E-state index in [1.807, 2.05) is 13.8 Å². The van der Waals surface area contributed by atoms with Gasteiger partial charge in [-0.05, 0) is 77.5 Å². The third-order valence-corrected chi connectivity index (χ3v) is 7.39. The van der Waals surface area contributed by atoms with E-state index in [1.54, 1.807) is 39.8 Å². The van der Waals surface area contributed by atoms with Gasteiger partial charge in [0.05, 0.1) is 12.7 Å². The average molecular weight is 733 g/mol. The van der Waals surface area contributed by atoms with Crippen molar-refractivity contribution in [1.29, 1.82) is 0 Å². The van der Waals surface area contributed by atoms with E-state index in [9.17, 15) is 39.0 Å². The van der Waals surface area contributed by atoms with Crippen molar-refractivity contribution in [3.05, 3.63) is 40.2 Å². The zero-order valence-electron chi connectivity index (χ0n) is 30.6. The van der Waals surface area contributed by atoms with Gasteiger partial charge >= 0.3 is 11.7 Å². The number of aliphatic hydroxyl groups is 2. The third-order valence-electron chi connectivity index (χ3n) is 7.39. The lowest BCUT2D eigenvalue weighted by molar-refractivity contribution is -0.136. The van der Waals surface area contributed by atoms with E-state index >= 15 is 0 Å². The molecule has 2 rings (SSSR count). The second-order valence-corrected chi connectivity index (χ2v) is 13.8. The molecule has 288 valence electrons. The van der Waals surface area contributed by atoms with Gasteiger partial charge in [0, 0.05) is 29.8 Å². The predicted molar refractivity (Wildman–Crippen MR) is 193 cm³/mol. The molecule has 5 unspecified atom stereocenters. The quantitative estimate of drug-likeness (QED) is 0.0445. The summed E-state index contributed by atoms with van der Waals surface area (Å²) < 4.78 is 10.5. The molecular weight excluding hydrogens is 680 g/mol. The number of amides is 5. The van der Waals surface area contributed by atoms with Gasteiger partial charge in [0.2, 0.25) is 23.6 Å². The first kappa shape index (κ1) is 42.9. The Kier molecular flexibility index (Phi) is 16.0. The van der Waals surface area contributed by atoms with Crippen molar-refractivity contribution in [3.63, 3.8) is 0 Å². The summed E-state index contributed by atoms with van der Waals surface area (Å²) in [6.45, 7) is 10.8. The number of carbonyl (C=O) groups excluding carboxylic acids is 5. The molecule has 0 saturated heterocycles. The zero-order valence-corrected chi connectivity index (χ0v) is 30.6. The minimum absolute atomic E-state index is 0.0216. The van der Waals surface area contributed by atoms with Crippen molar-refractivity contribution < 1.29 is 43.3 Å². The highest BCUT2D eigenvalue weighted by atomic mass is 16.6. The second kappa shape index (κ2) is 19.4. The van der Waals surface area contributed by atoms with Crippen LogP contribution < -0.4 is 43.7 Å². The summed E-state index contributed by atoms with van der Waals surface area (Å²) in [6.07, 6.45) is -1.93. The van der Waals surface area contributed by atoms with E-state index in [0.29, 0.717) is 10.9 Å². The van der Waals surface area contributed by atoms with Crippen LogP contribution in [0.1, 0.15) is 66.4 Å². The number of nitrogens with one attached hydrogen (secondary N) is 5. The molecule has 0 bridgehead atoms. The van der Waals surface area contributed by atoms with Gasteiger partial charge in [-0.1, -0.05) is 13.8 Å². The van der Waals surface area contributed by atoms with Gasteiger partial charge in [0.1, 0.15) is 35.4 Å². The van der Waals surface area contributed by atoms with Crippen molar-refractivity contribution in [1.82, 2.24) is 21.3 Å². The van der Waals surface area contributed by atoms with E-state index in [2.05, 4.69) is 31.6 Å². The molecule has 11 N–H and O–H groups in total. The number of guanidine groups is 1. The second-order valence-electron chi connectivity index (χ2n) is 13.8. The van der Waals surface area contributed by atoms with Crippen molar-refractivity contribution in [3.8, 4) is 0 Å². The van der Waals surface area contributed by atoms with Crippen LogP contribution in [0.5, 0.6) is 0 Å². The smallest absolute Gasteiger partial charge is 0.408 e. The molecule has 1 aromatic carbocycles. The first-order chi connectivity index (χ1) is 24.2. The maximum Gasteiger partial charge on any atom is 0.408 e. The summed E-state index contributed by atoms with van der Waals surface area (Å²) in [5.41, 5.74) is 10.5. The van der Waals surface area contributed by atoms with Gasteiger partial charge in [-0.3, -0.25) is 24.2 Å². The van der Waals surface area contributed by atoms with Gasteiger partial charge in [-0.15, -0.1) is 0 Å². The maximum absolute atomic E-state index is 13.5. The van der Waals surface area contributed by atoms with Crippen LogP contribution in [-0.4, -0.2) is 94.9 Å². The zero-order chi connectivity index (χ0) is 39.3. The molecule has 18 nitrogen and oxygen atoms in total. The highest BCUT2D eigenvalue weighted by molar-refractivity contribution is 6.00. The minimum Gasteiger partial charge on any atom is -0.444 e. The third kappa shape index (κ3) is 14.2. The summed E-state index contributed by atoms with van der Waals surface area (Å²) in [4.78, 5) is 81.5. The molecular formula is C34H52N8O10. The van der Waals surface area contributed by atoms with Gasteiger partial charge in [0.15, 0.2) is 5.96 Å². The Morgan fingerprint density at radius 3 is 2.12 bits per heavy atom. The normalized spacial score (nSPS) is 14.3. The number of nitrogens with zero attached hydrogens (tertiary/aromatic N) is 1. The lowest BCUT2D eigenvalue weighted by atomic mass is 10.0. The highest BCUT2D eigenvalue weighted by Gasteiger charge is 2.34. The van der Waals surface area contributed by atoms with Crippen LogP contribution in [0.2, 0.25) is 0 Å². The van der Waals surface area contributed by atoms with Gasteiger partial charge in [0.25, 0.3) is 0 Å². The van der Waals surface area contributed by atoms with E-state index in [4.69, 9.17) is 20.6 Å². The van der Waals surface area contributed by atoms with E-state index in [-0.39, 0.29) is 49.0 Å². The first-order valence-corrected chi connectivity index (χ1v) is 16.8. The summed E-state index contributed by atoms with van der Waals surface area (Å²) in [5.74, 6) is -3.70. The fourth-order valence-corrected chi connectivity index (χ4v) is 4.94. The number of ether oxygens (including phenoxy) is 1. The summed E-state index contributed by atoms with van der Waals surface area (Å²) in [6, 6.07) is 0.438. The molecule has 0 spiro atoms. The Bertz CT molecular complexity index is 1660. The fraction of sp³-hybridized carbons (Fsp3) is 0.559. The summed E-state index contributed by atoms with van der Waals surface area (Å²) >= 11 is 0. The number of aliphatic hydroxyl groups excluding tert-OH is 2. The van der Waals surface area contributed by atoms with Crippen molar-refractivity contribution >= 4 is 52.3 Å². The summed E-state index contributed by atoms with van der Waals surface area (Å²) in [5, 5.41) is 33.5. The number of hydrogen-bond acceptors (Lipinski definition) is 11. The van der Waals surface area contributed by atoms with Gasteiger partial charge < -0.3 is 57.4 Å². The molecule has 1 aromatic heterocycles. The lowest BCUT2D eigenvalue weighted by Gasteiger charge is -2.27. The molecule has 52 heavy (non-hydrogen) atoms. The molecule has 18 heteroatoms. The standard InChI is InChI=1S/C34H52N8O10/c1-17(2)13-23(41-33(50)52-34(5,6)7)29(47)40-24(16-43)30(48)42-27(19(4)44)31(49)39-22(9-8-12-37-32(35)36)28(46)38-20-10-11-21-18(3)14-26(45)51-25(21)15-20/h10-11,14-15,17,19,22-24,27,43-44H,8-9,12-13,16H2,1-7H3,(H,38,46)(H,39,49)(H,40,47)(H,41,50)(H,42,48)(H4,35,36,37). The van der Waals surface area contributed by atoms with Gasteiger partial charge in [-0.25, -0.2) is 9.59 Å². The molecule has 1 heterocycles.